The maximum absolute atomic E-state index is 13.6. The number of aliphatic carboxylic acids is 1. The Labute approximate surface area is 236 Å². The van der Waals surface area contributed by atoms with Crippen LogP contribution in [0.5, 0.6) is 6.01 Å². The second-order valence-corrected chi connectivity index (χ2v) is 9.74. The number of nitrogens with zero attached hydrogens (tertiary/aromatic N) is 4. The van der Waals surface area contributed by atoms with Gasteiger partial charge in [-0.2, -0.15) is 4.98 Å². The predicted molar refractivity (Wildman–Crippen MR) is 146 cm³/mol. The van der Waals surface area contributed by atoms with Gasteiger partial charge >= 0.3 is 12.0 Å². The van der Waals surface area contributed by atoms with Crippen LogP contribution in [0.15, 0.2) is 66.9 Å². The number of carbonyl (C=O) groups is 2. The normalized spacial score (nSPS) is 18.1. The van der Waals surface area contributed by atoms with Crippen molar-refractivity contribution in [1.29, 1.82) is 0 Å². The molecule has 1 amide bonds. The zero-order valence-corrected chi connectivity index (χ0v) is 22.8. The maximum Gasteiger partial charge on any atom is 0.317 e. The van der Waals surface area contributed by atoms with Gasteiger partial charge in [-0.3, -0.25) is 9.59 Å². The van der Waals surface area contributed by atoms with Crippen LogP contribution in [-0.2, 0) is 25.7 Å². The van der Waals surface area contributed by atoms with E-state index in [1.165, 1.54) is 17.0 Å². The Morgan fingerprint density at radius 1 is 1.12 bits per heavy atom. The molecule has 0 unspecified atom stereocenters. The van der Waals surface area contributed by atoms with Gasteiger partial charge in [0.15, 0.2) is 5.82 Å². The highest BCUT2D eigenvalue weighted by Crippen LogP contribution is 2.35. The highest BCUT2D eigenvalue weighted by molar-refractivity contribution is 5.77. The van der Waals surface area contributed by atoms with Crippen molar-refractivity contribution in [2.75, 3.05) is 27.3 Å². The summed E-state index contributed by atoms with van der Waals surface area (Å²) >= 11 is 0. The first-order valence-electron chi connectivity index (χ1n) is 12.6. The molecule has 214 valence electrons. The van der Waals surface area contributed by atoms with Gasteiger partial charge in [-0.1, -0.05) is 30.3 Å². The second-order valence-electron chi connectivity index (χ2n) is 9.74. The Kier molecular flexibility index (Phi) is 9.37. The number of rotatable bonds is 8. The minimum absolute atomic E-state index is 0.0418. The predicted octanol–water partition coefficient (Wildman–Crippen LogP) is 4.09. The lowest BCUT2D eigenvalue weighted by molar-refractivity contribution is -0.236. The number of nitrogens with one attached hydrogen (secondary N) is 1. The molecule has 5 rings (SSSR count). The molecular formula is C29H30FN5O6. The first-order valence-corrected chi connectivity index (χ1v) is 12.6. The molecular weight excluding hydrogens is 533 g/mol. The number of H-pyrrole nitrogens is 1. The fraction of sp³-hybridized carbons (Fsp3) is 0.276. The number of aromatic amines is 1. The summed E-state index contributed by atoms with van der Waals surface area (Å²) in [6.45, 7) is 1.77. The summed E-state index contributed by atoms with van der Waals surface area (Å²) in [6.07, 6.45) is 1.42. The van der Waals surface area contributed by atoms with Gasteiger partial charge in [0.05, 0.1) is 30.3 Å². The van der Waals surface area contributed by atoms with Gasteiger partial charge in [-0.25, -0.2) is 14.4 Å². The summed E-state index contributed by atoms with van der Waals surface area (Å²) in [7, 11) is 3.38. The van der Waals surface area contributed by atoms with E-state index >= 15 is 0 Å². The number of ether oxygens (including phenoxy) is 3. The molecule has 1 aliphatic rings. The standard InChI is InChI=1S/C26H23FN4O5.C3H7NO/c1-26(24(32)33)14-35-23(36-15-26)22-30-20(17-7-9-18(27)10-8-17)21(31-22)19-11-12-28-25(29-19)34-13-16-5-3-2-4-6-16;1-4(2)3-5/h2-12,23H,13-15H2,1H3,(H,30,31)(H,32,33);3H,1-2H3. The van der Waals surface area contributed by atoms with Crippen LogP contribution in [0.4, 0.5) is 4.39 Å². The molecule has 3 heterocycles. The Morgan fingerprint density at radius 3 is 2.39 bits per heavy atom. The number of amides is 1. The van der Waals surface area contributed by atoms with Gasteiger partial charge in [-0.05, 0) is 42.8 Å². The van der Waals surface area contributed by atoms with Crippen LogP contribution in [0.25, 0.3) is 22.6 Å². The molecule has 0 saturated carbocycles. The van der Waals surface area contributed by atoms with Crippen LogP contribution >= 0.6 is 0 Å². The third-order valence-electron chi connectivity index (χ3n) is 6.00. The van der Waals surface area contributed by atoms with Crippen molar-refractivity contribution in [2.24, 2.45) is 5.41 Å². The van der Waals surface area contributed by atoms with Crippen molar-refractivity contribution in [1.82, 2.24) is 24.8 Å². The molecule has 1 saturated heterocycles. The molecule has 0 aliphatic carbocycles. The van der Waals surface area contributed by atoms with Gasteiger partial charge in [0, 0.05) is 25.9 Å². The summed E-state index contributed by atoms with van der Waals surface area (Å²) in [5, 5.41) is 9.42. The van der Waals surface area contributed by atoms with Crippen LogP contribution in [0.2, 0.25) is 0 Å². The molecule has 0 radical (unpaired) electrons. The Balaban J connectivity index is 0.000000714. The summed E-state index contributed by atoms with van der Waals surface area (Å²) < 4.78 is 30.8. The van der Waals surface area contributed by atoms with Crippen molar-refractivity contribution in [3.63, 3.8) is 0 Å². The van der Waals surface area contributed by atoms with E-state index in [-0.39, 0.29) is 25.0 Å². The van der Waals surface area contributed by atoms with Crippen LogP contribution in [0.3, 0.4) is 0 Å². The lowest BCUT2D eigenvalue weighted by atomic mass is 9.92. The van der Waals surface area contributed by atoms with Gasteiger partial charge in [-0.15, -0.1) is 0 Å². The molecule has 2 aromatic heterocycles. The van der Waals surface area contributed by atoms with Gasteiger partial charge < -0.3 is 29.2 Å². The lowest BCUT2D eigenvalue weighted by Crippen LogP contribution is -2.42. The van der Waals surface area contributed by atoms with Crippen LogP contribution < -0.4 is 4.74 Å². The number of carboxylic acids is 1. The molecule has 11 nitrogen and oxygen atoms in total. The summed E-state index contributed by atoms with van der Waals surface area (Å²) in [5.41, 5.74) is 1.99. The molecule has 41 heavy (non-hydrogen) atoms. The Morgan fingerprint density at radius 2 is 1.78 bits per heavy atom. The Bertz CT molecular complexity index is 1450. The summed E-state index contributed by atoms with van der Waals surface area (Å²) in [4.78, 5) is 39.0. The fourth-order valence-corrected chi connectivity index (χ4v) is 3.67. The molecule has 1 aliphatic heterocycles. The topological polar surface area (TPSA) is 140 Å². The first-order chi connectivity index (χ1) is 19.7. The molecule has 0 bridgehead atoms. The number of hydrogen-bond donors (Lipinski definition) is 2. The highest BCUT2D eigenvalue weighted by Gasteiger charge is 2.41. The van der Waals surface area contributed by atoms with E-state index in [1.54, 1.807) is 45.4 Å². The molecule has 1 fully saturated rings. The maximum atomic E-state index is 13.6. The molecule has 4 aromatic rings. The van der Waals surface area contributed by atoms with E-state index in [4.69, 9.17) is 14.2 Å². The average molecular weight is 564 g/mol. The largest absolute Gasteiger partial charge is 0.481 e. The van der Waals surface area contributed by atoms with Gasteiger partial charge in [0.2, 0.25) is 12.7 Å². The number of aromatic nitrogens is 4. The average Bonchev–Trinajstić information content (AvgIpc) is 3.43. The zero-order valence-electron chi connectivity index (χ0n) is 22.8. The number of carboxylic acid groups (broad SMARTS) is 1. The van der Waals surface area contributed by atoms with E-state index < -0.39 is 17.7 Å². The van der Waals surface area contributed by atoms with Crippen molar-refractivity contribution < 1.29 is 33.3 Å². The zero-order chi connectivity index (χ0) is 29.4. The minimum Gasteiger partial charge on any atom is -0.481 e. The third-order valence-corrected chi connectivity index (χ3v) is 6.00. The lowest BCUT2D eigenvalue weighted by Gasteiger charge is -2.33. The van der Waals surface area contributed by atoms with E-state index in [1.807, 2.05) is 30.3 Å². The van der Waals surface area contributed by atoms with Crippen molar-refractivity contribution in [3.05, 3.63) is 84.1 Å². The van der Waals surface area contributed by atoms with Crippen LogP contribution in [-0.4, -0.2) is 69.6 Å². The number of imidazole rings is 1. The Hall–Kier alpha value is -4.68. The van der Waals surface area contributed by atoms with E-state index in [9.17, 15) is 19.1 Å². The second kappa shape index (κ2) is 13.1. The minimum atomic E-state index is -1.15. The molecule has 0 atom stereocenters. The quantitative estimate of drug-likeness (QED) is 0.303. The number of benzene rings is 2. The van der Waals surface area contributed by atoms with Crippen LogP contribution in [0, 0.1) is 11.2 Å². The van der Waals surface area contributed by atoms with E-state index in [2.05, 4.69) is 19.9 Å². The fourth-order valence-electron chi connectivity index (χ4n) is 3.67. The van der Waals surface area contributed by atoms with Crippen molar-refractivity contribution >= 4 is 12.4 Å². The monoisotopic (exact) mass is 563 g/mol. The molecule has 0 spiro atoms. The number of carbonyl (C=O) groups excluding carboxylic acids is 1. The molecule has 2 N–H and O–H groups in total. The smallest absolute Gasteiger partial charge is 0.317 e. The van der Waals surface area contributed by atoms with Crippen molar-refractivity contribution in [2.45, 2.75) is 19.8 Å². The van der Waals surface area contributed by atoms with Crippen LogP contribution in [0.1, 0.15) is 24.6 Å². The van der Waals surface area contributed by atoms with Gasteiger partial charge in [0.1, 0.15) is 17.8 Å². The SMILES string of the molecule is CC1(C(=O)O)COC(c2nc(-c3ccc(F)cc3)c(-c3ccnc(OCc4ccccc4)n3)[nH]2)OC1.CN(C)C=O. The summed E-state index contributed by atoms with van der Waals surface area (Å²) in [6, 6.07) is 17.4. The number of halogens is 1. The van der Waals surface area contributed by atoms with E-state index in [0.717, 1.165) is 12.0 Å². The van der Waals surface area contributed by atoms with E-state index in [0.29, 0.717) is 35.1 Å². The highest BCUT2D eigenvalue weighted by atomic mass is 19.1. The first kappa shape index (κ1) is 29.3. The third kappa shape index (κ3) is 7.50. The molecule has 2 aromatic carbocycles. The van der Waals surface area contributed by atoms with Crippen molar-refractivity contribution in [3.8, 4) is 28.7 Å². The number of hydrogen-bond acceptors (Lipinski definition) is 8. The molecule has 12 heteroatoms. The van der Waals surface area contributed by atoms with Gasteiger partial charge in [0.25, 0.3) is 0 Å². The summed E-state index contributed by atoms with van der Waals surface area (Å²) in [5.74, 6) is -1.04.